The summed E-state index contributed by atoms with van der Waals surface area (Å²) in [5.41, 5.74) is 0. The SMILES string of the molecule is OC[C@@H](O)C(O)[C@@H](O)CO.[Li+].[Li+].[O-2]. The average molecular weight is 182 g/mol. The molecule has 0 spiro atoms. The molecule has 0 aliphatic heterocycles. The molecule has 8 heteroatoms. The second-order valence-electron chi connectivity index (χ2n) is 1.99. The Morgan fingerprint density at radius 2 is 1.00 bits per heavy atom. The minimum absolute atomic E-state index is 0. The summed E-state index contributed by atoms with van der Waals surface area (Å²) in [5, 5.41) is 42.6. The quantitative estimate of drug-likeness (QED) is 0.275. The molecule has 0 radical (unpaired) electrons. The fourth-order valence-corrected chi connectivity index (χ4v) is 0.472. The molecule has 0 aromatic rings. The standard InChI is InChI=1S/C5H12O5.2Li.O/c6-1-3(8)5(10)4(9)2-7;;;/h3-10H,1-2H2;;;/q;2*+1;-2/t3-,4+,5?;;;. The largest absolute Gasteiger partial charge is 2.00 e. The number of hydrogen-bond acceptors (Lipinski definition) is 5. The van der Waals surface area contributed by atoms with E-state index in [4.69, 9.17) is 25.5 Å². The van der Waals surface area contributed by atoms with Crippen LogP contribution >= 0.6 is 0 Å². The summed E-state index contributed by atoms with van der Waals surface area (Å²) in [6, 6.07) is 0. The molecule has 0 aromatic carbocycles. The molecule has 3 atom stereocenters. The second-order valence-corrected chi connectivity index (χ2v) is 1.99. The first-order valence-corrected chi connectivity index (χ1v) is 2.89. The summed E-state index contributed by atoms with van der Waals surface area (Å²) in [6.45, 7) is -1.28. The van der Waals surface area contributed by atoms with Crippen molar-refractivity contribution in [3.63, 3.8) is 0 Å². The van der Waals surface area contributed by atoms with Crippen LogP contribution in [0, 0.1) is 0 Å². The van der Waals surface area contributed by atoms with Crippen LogP contribution in [0.2, 0.25) is 0 Å². The van der Waals surface area contributed by atoms with Crippen molar-refractivity contribution < 1.29 is 68.7 Å². The Hall–Kier alpha value is 0.955. The maximum Gasteiger partial charge on any atom is 1.00 e. The van der Waals surface area contributed by atoms with E-state index in [1.54, 1.807) is 0 Å². The van der Waals surface area contributed by atoms with Crippen LogP contribution < -0.4 is 37.7 Å². The van der Waals surface area contributed by atoms with Crippen molar-refractivity contribution in [2.45, 2.75) is 18.3 Å². The third-order valence-electron chi connectivity index (χ3n) is 1.16. The molecular formula is C5H12Li2O6. The van der Waals surface area contributed by atoms with Gasteiger partial charge in [-0.2, -0.15) is 0 Å². The predicted octanol–water partition coefficient (Wildman–Crippen LogP) is -9.06. The maximum absolute atomic E-state index is 8.77. The zero-order valence-electron chi connectivity index (χ0n) is 7.79. The summed E-state index contributed by atoms with van der Waals surface area (Å²) >= 11 is 0. The molecular weight excluding hydrogens is 170 g/mol. The van der Waals surface area contributed by atoms with Crippen molar-refractivity contribution in [3.05, 3.63) is 0 Å². The average Bonchev–Trinajstić information content (AvgIpc) is 2.00. The van der Waals surface area contributed by atoms with E-state index in [1.165, 1.54) is 0 Å². The summed E-state index contributed by atoms with van der Waals surface area (Å²) in [6.07, 6.45) is -4.29. The molecule has 0 aliphatic rings. The van der Waals surface area contributed by atoms with Crippen molar-refractivity contribution in [1.29, 1.82) is 0 Å². The Morgan fingerprint density at radius 1 is 0.769 bits per heavy atom. The molecule has 0 bridgehead atoms. The van der Waals surface area contributed by atoms with E-state index in [1.807, 2.05) is 0 Å². The van der Waals surface area contributed by atoms with Gasteiger partial charge < -0.3 is 31.0 Å². The molecule has 0 fully saturated rings. The third-order valence-corrected chi connectivity index (χ3v) is 1.16. The topological polar surface area (TPSA) is 130 Å². The van der Waals surface area contributed by atoms with E-state index in [0.29, 0.717) is 0 Å². The summed E-state index contributed by atoms with van der Waals surface area (Å²) < 4.78 is 0. The van der Waals surface area contributed by atoms with Gasteiger partial charge in [0.2, 0.25) is 0 Å². The number of aliphatic hydroxyl groups is 5. The first-order chi connectivity index (χ1) is 4.63. The van der Waals surface area contributed by atoms with Crippen LogP contribution in [0.25, 0.3) is 0 Å². The number of hydrogen-bond donors (Lipinski definition) is 5. The van der Waals surface area contributed by atoms with E-state index >= 15 is 0 Å². The molecule has 13 heavy (non-hydrogen) atoms. The van der Waals surface area contributed by atoms with Gasteiger partial charge in [-0.3, -0.25) is 0 Å². The van der Waals surface area contributed by atoms with Crippen molar-refractivity contribution in [1.82, 2.24) is 0 Å². The summed E-state index contributed by atoms with van der Waals surface area (Å²) in [4.78, 5) is 0. The predicted molar refractivity (Wildman–Crippen MR) is 32.9 cm³/mol. The molecule has 0 amide bonds. The van der Waals surface area contributed by atoms with E-state index in [9.17, 15) is 0 Å². The van der Waals surface area contributed by atoms with E-state index in [0.717, 1.165) is 0 Å². The van der Waals surface area contributed by atoms with E-state index in [-0.39, 0.29) is 43.2 Å². The van der Waals surface area contributed by atoms with Gasteiger partial charge in [-0.25, -0.2) is 0 Å². The smallest absolute Gasteiger partial charge is 1.00 e. The Balaban J connectivity index is -0.000000135. The van der Waals surface area contributed by atoms with Crippen molar-refractivity contribution in [2.75, 3.05) is 13.2 Å². The van der Waals surface area contributed by atoms with Crippen LogP contribution in [0.5, 0.6) is 0 Å². The molecule has 0 rings (SSSR count). The summed E-state index contributed by atoms with van der Waals surface area (Å²) in [5.74, 6) is 0. The molecule has 0 heterocycles. The molecule has 1 unspecified atom stereocenters. The Bertz CT molecular complexity index is 85.1. The summed E-state index contributed by atoms with van der Waals surface area (Å²) in [7, 11) is 0. The van der Waals surface area contributed by atoms with E-state index < -0.39 is 31.5 Å². The normalized spacial score (nSPS) is 15.5. The maximum atomic E-state index is 8.77. The van der Waals surface area contributed by atoms with Gasteiger partial charge in [-0.05, 0) is 0 Å². The molecule has 6 nitrogen and oxygen atoms in total. The van der Waals surface area contributed by atoms with E-state index in [2.05, 4.69) is 0 Å². The van der Waals surface area contributed by atoms with Crippen molar-refractivity contribution in [3.8, 4) is 0 Å². The first kappa shape index (κ1) is 23.6. The molecule has 0 aromatic heterocycles. The number of rotatable bonds is 4. The van der Waals surface area contributed by atoms with Crippen molar-refractivity contribution >= 4 is 0 Å². The zero-order valence-corrected chi connectivity index (χ0v) is 7.79. The van der Waals surface area contributed by atoms with Gasteiger partial charge >= 0.3 is 37.7 Å². The monoisotopic (exact) mass is 182 g/mol. The third kappa shape index (κ3) is 9.26. The Kier molecular flexibility index (Phi) is 23.6. The molecule has 0 saturated heterocycles. The second kappa shape index (κ2) is 13.0. The molecule has 0 aliphatic carbocycles. The fraction of sp³-hybridized carbons (Fsp3) is 1.00. The zero-order chi connectivity index (χ0) is 8.15. The fourth-order valence-electron chi connectivity index (χ4n) is 0.472. The van der Waals surface area contributed by atoms with Crippen molar-refractivity contribution in [2.24, 2.45) is 0 Å². The minimum atomic E-state index is -1.49. The van der Waals surface area contributed by atoms with Crippen LogP contribution in [-0.4, -0.2) is 57.1 Å². The van der Waals surface area contributed by atoms with Gasteiger partial charge in [-0.1, -0.05) is 0 Å². The molecule has 5 N–H and O–H groups in total. The van der Waals surface area contributed by atoms with Gasteiger partial charge in [0.15, 0.2) is 0 Å². The van der Waals surface area contributed by atoms with Gasteiger partial charge in [0.25, 0.3) is 0 Å². The first-order valence-electron chi connectivity index (χ1n) is 2.89. The Labute approximate surface area is 100 Å². The van der Waals surface area contributed by atoms with Crippen LogP contribution in [0.3, 0.4) is 0 Å². The van der Waals surface area contributed by atoms with Gasteiger partial charge in [0, 0.05) is 0 Å². The van der Waals surface area contributed by atoms with Crippen LogP contribution in [0.1, 0.15) is 0 Å². The molecule has 70 valence electrons. The molecule has 0 saturated carbocycles. The van der Waals surface area contributed by atoms with Gasteiger partial charge in [0.1, 0.15) is 18.3 Å². The van der Waals surface area contributed by atoms with Gasteiger partial charge in [-0.15, -0.1) is 0 Å². The minimum Gasteiger partial charge on any atom is -2.00 e. The van der Waals surface area contributed by atoms with Gasteiger partial charge in [0.05, 0.1) is 13.2 Å². The van der Waals surface area contributed by atoms with Crippen LogP contribution in [-0.2, 0) is 5.48 Å². The van der Waals surface area contributed by atoms with Crippen LogP contribution in [0.15, 0.2) is 0 Å². The Morgan fingerprint density at radius 3 is 1.15 bits per heavy atom. The number of aliphatic hydroxyl groups excluding tert-OH is 5. The van der Waals surface area contributed by atoms with Crippen LogP contribution in [0.4, 0.5) is 0 Å².